The van der Waals surface area contributed by atoms with Crippen LogP contribution in [-0.2, 0) is 5.41 Å². The molecule has 1 aliphatic rings. The van der Waals surface area contributed by atoms with Gasteiger partial charge in [-0.15, -0.1) is 0 Å². The molecule has 0 heterocycles. The molecule has 0 N–H and O–H groups in total. The van der Waals surface area contributed by atoms with Crippen molar-refractivity contribution < 1.29 is 4.79 Å². The highest BCUT2D eigenvalue weighted by molar-refractivity contribution is 7.99. The maximum atomic E-state index is 12.2. The van der Waals surface area contributed by atoms with Gasteiger partial charge in [0.05, 0.1) is 0 Å². The highest BCUT2D eigenvalue weighted by Gasteiger charge is 2.36. The largest absolute Gasteiger partial charge is 0.294 e. The molecule has 0 aromatic heterocycles. The third kappa shape index (κ3) is 2.79. The van der Waals surface area contributed by atoms with Crippen molar-refractivity contribution in [2.24, 2.45) is 0 Å². The number of rotatable bonds is 4. The standard InChI is InChI=1S/C24H22OS/c1-4-23(25)16-10-12-19-20-13-11-18(26-17-8-6-5-7-9-17)15-22(20)24(2,3)21(19)14-16/h5-15H,4H2,1-3H3. The third-order valence-electron chi connectivity index (χ3n) is 5.27. The molecular formula is C24H22OS. The molecule has 0 saturated heterocycles. The van der Waals surface area contributed by atoms with Crippen LogP contribution >= 0.6 is 11.8 Å². The Hall–Kier alpha value is -2.32. The van der Waals surface area contributed by atoms with Gasteiger partial charge in [0.15, 0.2) is 5.78 Å². The smallest absolute Gasteiger partial charge is 0.162 e. The quantitative estimate of drug-likeness (QED) is 0.481. The Bertz CT molecular complexity index is 986. The monoisotopic (exact) mass is 358 g/mol. The Morgan fingerprint density at radius 2 is 1.50 bits per heavy atom. The number of Topliss-reactive ketones (excluding diaryl/α,β-unsaturated/α-hetero) is 1. The van der Waals surface area contributed by atoms with Crippen molar-refractivity contribution in [3.8, 4) is 11.1 Å². The minimum Gasteiger partial charge on any atom is -0.294 e. The molecule has 0 fully saturated rings. The number of hydrogen-bond acceptors (Lipinski definition) is 2. The molecule has 26 heavy (non-hydrogen) atoms. The van der Waals surface area contributed by atoms with Gasteiger partial charge in [-0.05, 0) is 52.6 Å². The van der Waals surface area contributed by atoms with Crippen LogP contribution in [0.15, 0.2) is 76.5 Å². The van der Waals surface area contributed by atoms with Crippen LogP contribution in [0.3, 0.4) is 0 Å². The molecule has 3 aromatic carbocycles. The fourth-order valence-electron chi connectivity index (χ4n) is 3.78. The summed E-state index contributed by atoms with van der Waals surface area (Å²) in [6, 6.07) is 23.4. The summed E-state index contributed by atoms with van der Waals surface area (Å²) < 4.78 is 0. The van der Waals surface area contributed by atoms with E-state index in [4.69, 9.17) is 0 Å². The lowest BCUT2D eigenvalue weighted by Gasteiger charge is -2.22. The van der Waals surface area contributed by atoms with E-state index in [0.717, 1.165) is 5.56 Å². The summed E-state index contributed by atoms with van der Waals surface area (Å²) in [7, 11) is 0. The van der Waals surface area contributed by atoms with E-state index in [1.165, 1.54) is 32.0 Å². The molecule has 0 unspecified atom stereocenters. The average molecular weight is 359 g/mol. The summed E-state index contributed by atoms with van der Waals surface area (Å²) in [5.41, 5.74) is 5.88. The maximum absolute atomic E-state index is 12.2. The molecule has 0 spiro atoms. The lowest BCUT2D eigenvalue weighted by atomic mass is 9.82. The van der Waals surface area contributed by atoms with Gasteiger partial charge >= 0.3 is 0 Å². The van der Waals surface area contributed by atoms with E-state index in [1.54, 1.807) is 11.8 Å². The molecule has 0 amide bonds. The van der Waals surface area contributed by atoms with E-state index in [1.807, 2.05) is 19.1 Å². The van der Waals surface area contributed by atoms with E-state index in [9.17, 15) is 4.79 Å². The van der Waals surface area contributed by atoms with E-state index < -0.39 is 0 Å². The van der Waals surface area contributed by atoms with Crippen molar-refractivity contribution in [1.29, 1.82) is 0 Å². The molecule has 3 aromatic rings. The second-order valence-corrected chi connectivity index (χ2v) is 8.43. The van der Waals surface area contributed by atoms with Crippen molar-refractivity contribution >= 4 is 17.5 Å². The lowest BCUT2D eigenvalue weighted by Crippen LogP contribution is -2.15. The predicted octanol–water partition coefficient (Wildman–Crippen LogP) is 6.74. The van der Waals surface area contributed by atoms with Crippen LogP contribution in [0.25, 0.3) is 11.1 Å². The summed E-state index contributed by atoms with van der Waals surface area (Å²) in [5.74, 6) is 0.208. The van der Waals surface area contributed by atoms with Gasteiger partial charge in [-0.25, -0.2) is 0 Å². The van der Waals surface area contributed by atoms with Gasteiger partial charge in [0.25, 0.3) is 0 Å². The van der Waals surface area contributed by atoms with Crippen molar-refractivity contribution in [2.45, 2.75) is 42.4 Å². The Morgan fingerprint density at radius 1 is 0.846 bits per heavy atom. The SMILES string of the molecule is CCC(=O)c1ccc2c(c1)C(C)(C)c1cc(Sc3ccccc3)ccc1-2. The van der Waals surface area contributed by atoms with Gasteiger partial charge in [-0.2, -0.15) is 0 Å². The molecule has 0 atom stereocenters. The number of fused-ring (bicyclic) bond motifs is 3. The van der Waals surface area contributed by atoms with Crippen LogP contribution in [0.1, 0.15) is 48.7 Å². The van der Waals surface area contributed by atoms with Gasteiger partial charge in [-0.3, -0.25) is 4.79 Å². The first-order valence-electron chi connectivity index (χ1n) is 9.06. The van der Waals surface area contributed by atoms with Gasteiger partial charge in [0, 0.05) is 27.2 Å². The summed E-state index contributed by atoms with van der Waals surface area (Å²) in [4.78, 5) is 14.6. The highest BCUT2D eigenvalue weighted by atomic mass is 32.2. The first kappa shape index (κ1) is 17.1. The van der Waals surface area contributed by atoms with Crippen molar-refractivity contribution in [3.05, 3.63) is 83.4 Å². The summed E-state index contributed by atoms with van der Waals surface area (Å²) in [5, 5.41) is 0. The highest BCUT2D eigenvalue weighted by Crippen LogP contribution is 2.50. The van der Waals surface area contributed by atoms with Crippen molar-refractivity contribution in [3.63, 3.8) is 0 Å². The summed E-state index contributed by atoms with van der Waals surface area (Å²) in [6.45, 7) is 6.44. The third-order valence-corrected chi connectivity index (χ3v) is 6.27. The molecule has 4 rings (SSSR count). The van der Waals surface area contributed by atoms with E-state index >= 15 is 0 Å². The second-order valence-electron chi connectivity index (χ2n) is 7.28. The minimum atomic E-state index is -0.0953. The molecule has 0 aliphatic heterocycles. The summed E-state index contributed by atoms with van der Waals surface area (Å²) >= 11 is 1.79. The fourth-order valence-corrected chi connectivity index (χ4v) is 4.66. The van der Waals surface area contributed by atoms with Crippen LogP contribution in [0, 0.1) is 0 Å². The summed E-state index contributed by atoms with van der Waals surface area (Å²) in [6.07, 6.45) is 0.546. The average Bonchev–Trinajstić information content (AvgIpc) is 2.89. The van der Waals surface area contributed by atoms with Crippen LogP contribution in [0.5, 0.6) is 0 Å². The second kappa shape index (κ2) is 6.44. The van der Waals surface area contributed by atoms with Gasteiger partial charge < -0.3 is 0 Å². The van der Waals surface area contributed by atoms with Gasteiger partial charge in [-0.1, -0.05) is 68.9 Å². The maximum Gasteiger partial charge on any atom is 0.162 e. The van der Waals surface area contributed by atoms with Crippen LogP contribution < -0.4 is 0 Å². The number of carbonyl (C=O) groups is 1. The van der Waals surface area contributed by atoms with Gasteiger partial charge in [0.1, 0.15) is 0 Å². The molecule has 1 nitrogen and oxygen atoms in total. The normalized spacial score (nSPS) is 14.0. The first-order chi connectivity index (χ1) is 12.5. The zero-order valence-corrected chi connectivity index (χ0v) is 16.2. The van der Waals surface area contributed by atoms with Crippen LogP contribution in [0.2, 0.25) is 0 Å². The fraction of sp³-hybridized carbons (Fsp3) is 0.208. The molecule has 0 bridgehead atoms. The van der Waals surface area contributed by atoms with Gasteiger partial charge in [0.2, 0.25) is 0 Å². The van der Waals surface area contributed by atoms with Crippen molar-refractivity contribution in [1.82, 2.24) is 0 Å². The molecule has 0 saturated carbocycles. The van der Waals surface area contributed by atoms with E-state index in [2.05, 4.69) is 68.4 Å². The topological polar surface area (TPSA) is 17.1 Å². The van der Waals surface area contributed by atoms with Crippen LogP contribution in [-0.4, -0.2) is 5.78 Å². The Kier molecular flexibility index (Phi) is 4.24. The predicted molar refractivity (Wildman–Crippen MR) is 109 cm³/mol. The van der Waals surface area contributed by atoms with Crippen LogP contribution in [0.4, 0.5) is 0 Å². The number of ketones is 1. The van der Waals surface area contributed by atoms with E-state index in [-0.39, 0.29) is 11.2 Å². The lowest BCUT2D eigenvalue weighted by molar-refractivity contribution is 0.0988. The molecule has 130 valence electrons. The zero-order valence-electron chi connectivity index (χ0n) is 15.4. The molecule has 1 aliphatic carbocycles. The number of hydrogen-bond donors (Lipinski definition) is 0. The Balaban J connectivity index is 1.76. The number of carbonyl (C=O) groups excluding carboxylic acids is 1. The molecular weight excluding hydrogens is 336 g/mol. The molecule has 2 heteroatoms. The number of benzene rings is 3. The van der Waals surface area contributed by atoms with E-state index in [0.29, 0.717) is 6.42 Å². The molecule has 0 radical (unpaired) electrons. The van der Waals surface area contributed by atoms with Crippen molar-refractivity contribution in [2.75, 3.05) is 0 Å². The Labute approximate surface area is 159 Å². The zero-order chi connectivity index (χ0) is 18.3. The first-order valence-corrected chi connectivity index (χ1v) is 9.88. The minimum absolute atomic E-state index is 0.0953. The Morgan fingerprint density at radius 3 is 2.19 bits per heavy atom.